The molecule has 0 aliphatic heterocycles. The zero-order valence-corrected chi connectivity index (χ0v) is 17.3. The molecule has 0 fully saturated rings. The predicted molar refractivity (Wildman–Crippen MR) is 104 cm³/mol. The fraction of sp³-hybridized carbons (Fsp3) is 0.952. The van der Waals surface area contributed by atoms with Crippen LogP contribution >= 0.6 is 0 Å². The average Bonchev–Trinajstić information content (AvgIpc) is 2.44. The number of rotatable bonds is 16. The van der Waals surface area contributed by atoms with Crippen LogP contribution in [0.25, 0.3) is 0 Å². The molecule has 0 saturated heterocycles. The second-order valence-electron chi connectivity index (χ2n) is 9.18. The number of unbranched alkanes of at least 4 members (excludes halogenated alkanes) is 4. The Labute approximate surface area is 155 Å². The average molecular weight is 359 g/mol. The normalized spacial score (nSPS) is 13.8. The maximum atomic E-state index is 10.8. The minimum absolute atomic E-state index is 0.124. The number of hydrogen-bond acceptors (Lipinski definition) is 3. The lowest BCUT2D eigenvalue weighted by molar-refractivity contribution is -0.139. The van der Waals surface area contributed by atoms with E-state index in [9.17, 15) is 9.90 Å². The van der Waals surface area contributed by atoms with Crippen molar-refractivity contribution < 1.29 is 19.7 Å². The summed E-state index contributed by atoms with van der Waals surface area (Å²) in [7, 11) is 1.76. The molecule has 25 heavy (non-hydrogen) atoms. The molecule has 0 heterocycles. The third-order valence-electron chi connectivity index (χ3n) is 4.95. The van der Waals surface area contributed by atoms with E-state index in [1.54, 1.807) is 7.11 Å². The molecular formula is C21H42O4. The number of carboxylic acids is 1. The first kappa shape index (κ1) is 24.4. The minimum atomic E-state index is -0.717. The molecule has 0 saturated carbocycles. The zero-order chi connectivity index (χ0) is 19.3. The molecule has 0 aromatic carbocycles. The molecular weight excluding hydrogens is 316 g/mol. The Morgan fingerprint density at radius 2 is 1.36 bits per heavy atom. The van der Waals surface area contributed by atoms with Gasteiger partial charge in [-0.15, -0.1) is 0 Å². The Kier molecular flexibility index (Phi) is 12.4. The quantitative estimate of drug-likeness (QED) is 0.361. The lowest BCUT2D eigenvalue weighted by Crippen LogP contribution is -2.18. The molecule has 0 radical (unpaired) electrons. The first-order valence-electron chi connectivity index (χ1n) is 9.97. The van der Waals surface area contributed by atoms with Gasteiger partial charge in [0.1, 0.15) is 0 Å². The van der Waals surface area contributed by atoms with Gasteiger partial charge in [0.05, 0.1) is 19.1 Å². The van der Waals surface area contributed by atoms with E-state index in [1.807, 2.05) is 13.8 Å². The van der Waals surface area contributed by atoms with Gasteiger partial charge in [0.2, 0.25) is 0 Å². The number of aliphatic hydroxyl groups excluding tert-OH is 1. The third-order valence-corrected chi connectivity index (χ3v) is 4.95. The highest BCUT2D eigenvalue weighted by molar-refractivity contribution is 5.67. The first-order chi connectivity index (χ1) is 11.6. The largest absolute Gasteiger partial charge is 0.481 e. The number of ether oxygens (including phenoxy) is 1. The topological polar surface area (TPSA) is 66.8 Å². The SMILES string of the molecule is COCC(C)(C)CCCCCC(O)CCCCCC(C)(C)CC(=O)O. The zero-order valence-electron chi connectivity index (χ0n) is 17.3. The van der Waals surface area contributed by atoms with Gasteiger partial charge in [0.15, 0.2) is 0 Å². The van der Waals surface area contributed by atoms with E-state index in [1.165, 1.54) is 19.3 Å². The molecule has 0 aromatic heterocycles. The number of hydrogen-bond donors (Lipinski definition) is 2. The number of carboxylic acid groups (broad SMARTS) is 1. The molecule has 0 aliphatic rings. The summed E-state index contributed by atoms with van der Waals surface area (Å²) in [6, 6.07) is 0. The van der Waals surface area contributed by atoms with Crippen LogP contribution in [0.5, 0.6) is 0 Å². The van der Waals surface area contributed by atoms with Gasteiger partial charge in [-0.05, 0) is 36.5 Å². The summed E-state index contributed by atoms with van der Waals surface area (Å²) in [5, 5.41) is 19.0. The van der Waals surface area contributed by atoms with E-state index in [0.29, 0.717) is 0 Å². The lowest BCUT2D eigenvalue weighted by Gasteiger charge is -2.23. The van der Waals surface area contributed by atoms with Crippen molar-refractivity contribution in [3.05, 3.63) is 0 Å². The van der Waals surface area contributed by atoms with Crippen LogP contribution in [0.3, 0.4) is 0 Å². The summed E-state index contributed by atoms with van der Waals surface area (Å²) in [5.41, 5.74) is 0.128. The second-order valence-corrected chi connectivity index (χ2v) is 9.18. The molecule has 4 nitrogen and oxygen atoms in total. The number of methoxy groups -OCH3 is 1. The number of aliphatic carboxylic acids is 1. The fourth-order valence-electron chi connectivity index (χ4n) is 3.43. The number of aliphatic hydroxyl groups is 1. The van der Waals surface area contributed by atoms with E-state index in [0.717, 1.165) is 51.6 Å². The highest BCUT2D eigenvalue weighted by Crippen LogP contribution is 2.28. The first-order valence-corrected chi connectivity index (χ1v) is 9.97. The smallest absolute Gasteiger partial charge is 0.303 e. The van der Waals surface area contributed by atoms with Crippen LogP contribution in [0.2, 0.25) is 0 Å². The van der Waals surface area contributed by atoms with E-state index in [2.05, 4.69) is 13.8 Å². The maximum Gasteiger partial charge on any atom is 0.303 e. The van der Waals surface area contributed by atoms with Gasteiger partial charge in [-0.1, -0.05) is 66.2 Å². The summed E-state index contributed by atoms with van der Waals surface area (Å²) in [4.78, 5) is 10.8. The molecule has 1 unspecified atom stereocenters. The Morgan fingerprint density at radius 1 is 0.880 bits per heavy atom. The minimum Gasteiger partial charge on any atom is -0.481 e. The molecule has 1 atom stereocenters. The van der Waals surface area contributed by atoms with Crippen molar-refractivity contribution in [2.75, 3.05) is 13.7 Å². The fourth-order valence-corrected chi connectivity index (χ4v) is 3.43. The van der Waals surface area contributed by atoms with Crippen LogP contribution in [-0.2, 0) is 9.53 Å². The van der Waals surface area contributed by atoms with Crippen LogP contribution in [0.1, 0.15) is 98.3 Å². The van der Waals surface area contributed by atoms with Gasteiger partial charge >= 0.3 is 5.97 Å². The van der Waals surface area contributed by atoms with Crippen molar-refractivity contribution in [1.82, 2.24) is 0 Å². The third kappa shape index (κ3) is 15.4. The van der Waals surface area contributed by atoms with Crippen molar-refractivity contribution in [3.63, 3.8) is 0 Å². The van der Waals surface area contributed by atoms with E-state index in [4.69, 9.17) is 9.84 Å². The molecule has 2 N–H and O–H groups in total. The highest BCUT2D eigenvalue weighted by atomic mass is 16.5. The van der Waals surface area contributed by atoms with Crippen molar-refractivity contribution >= 4 is 5.97 Å². The van der Waals surface area contributed by atoms with Gasteiger partial charge in [0, 0.05) is 7.11 Å². The monoisotopic (exact) mass is 358 g/mol. The summed E-state index contributed by atoms with van der Waals surface area (Å²) < 4.78 is 5.24. The van der Waals surface area contributed by atoms with Gasteiger partial charge < -0.3 is 14.9 Å². The molecule has 0 aromatic rings. The van der Waals surface area contributed by atoms with Crippen molar-refractivity contribution in [1.29, 1.82) is 0 Å². The van der Waals surface area contributed by atoms with Gasteiger partial charge in [-0.25, -0.2) is 0 Å². The molecule has 0 aliphatic carbocycles. The standard InChI is InChI=1S/C21H42O4/c1-20(2,16-19(23)24)14-10-6-8-12-18(22)13-9-7-11-15-21(3,4)17-25-5/h18,22H,6-17H2,1-5H3,(H,23,24). The van der Waals surface area contributed by atoms with E-state index < -0.39 is 5.97 Å². The number of carbonyl (C=O) groups is 1. The van der Waals surface area contributed by atoms with Crippen molar-refractivity contribution in [2.45, 2.75) is 104 Å². The Morgan fingerprint density at radius 3 is 1.80 bits per heavy atom. The summed E-state index contributed by atoms with van der Waals surface area (Å²) in [6.07, 6.45) is 10.5. The van der Waals surface area contributed by atoms with Crippen LogP contribution in [0, 0.1) is 10.8 Å². The van der Waals surface area contributed by atoms with Crippen molar-refractivity contribution in [2.24, 2.45) is 10.8 Å². The summed E-state index contributed by atoms with van der Waals surface area (Å²) in [6.45, 7) is 9.32. The highest BCUT2D eigenvalue weighted by Gasteiger charge is 2.21. The molecule has 0 rings (SSSR count). The van der Waals surface area contributed by atoms with Crippen LogP contribution < -0.4 is 0 Å². The molecule has 0 spiro atoms. The summed E-state index contributed by atoms with van der Waals surface area (Å²) in [5.74, 6) is -0.717. The lowest BCUT2D eigenvalue weighted by atomic mass is 9.83. The predicted octanol–water partition coefficient (Wildman–Crippen LogP) is 5.42. The molecule has 150 valence electrons. The molecule has 0 amide bonds. The van der Waals surface area contributed by atoms with Crippen LogP contribution in [-0.4, -0.2) is 36.0 Å². The van der Waals surface area contributed by atoms with E-state index in [-0.39, 0.29) is 23.4 Å². The van der Waals surface area contributed by atoms with E-state index >= 15 is 0 Å². The Hall–Kier alpha value is -0.610. The molecule has 0 bridgehead atoms. The Bertz CT molecular complexity index is 350. The van der Waals surface area contributed by atoms with Gasteiger partial charge in [-0.3, -0.25) is 4.79 Å². The van der Waals surface area contributed by atoms with Crippen molar-refractivity contribution in [3.8, 4) is 0 Å². The Balaban J connectivity index is 3.59. The summed E-state index contributed by atoms with van der Waals surface area (Å²) >= 11 is 0. The second kappa shape index (κ2) is 12.7. The maximum absolute atomic E-state index is 10.8. The van der Waals surface area contributed by atoms with Gasteiger partial charge in [-0.2, -0.15) is 0 Å². The van der Waals surface area contributed by atoms with Crippen LogP contribution in [0.4, 0.5) is 0 Å². The van der Waals surface area contributed by atoms with Crippen LogP contribution in [0.15, 0.2) is 0 Å². The molecule has 4 heteroatoms. The van der Waals surface area contributed by atoms with Gasteiger partial charge in [0.25, 0.3) is 0 Å².